The van der Waals surface area contributed by atoms with Crippen molar-refractivity contribution in [3.63, 3.8) is 0 Å². The Bertz CT molecular complexity index is 779. The zero-order valence-corrected chi connectivity index (χ0v) is 14.7. The third kappa shape index (κ3) is 4.65. The second kappa shape index (κ2) is 8.26. The number of halogens is 1. The molecule has 1 heterocycles. The van der Waals surface area contributed by atoms with Crippen LogP contribution in [-0.4, -0.2) is 23.1 Å². The van der Waals surface area contributed by atoms with Crippen LogP contribution >= 0.6 is 22.9 Å². The highest BCUT2D eigenvalue weighted by Crippen LogP contribution is 2.22. The van der Waals surface area contributed by atoms with E-state index in [2.05, 4.69) is 4.99 Å². The number of carbonyl (C=O) groups excluding carboxylic acids is 2. The van der Waals surface area contributed by atoms with Crippen LogP contribution < -0.4 is 4.80 Å². The standard InChI is InChI=1S/C16H19ClN2O3S/c1-3-5-6-14(20)18-16-19(10-15(21)22-4-2)12-8-7-11(17)9-13(12)23-16/h7-9H,3-6,10H2,1-2H3. The summed E-state index contributed by atoms with van der Waals surface area (Å²) in [4.78, 5) is 28.5. The second-order valence-electron chi connectivity index (χ2n) is 5.00. The number of amides is 1. The van der Waals surface area contributed by atoms with Crippen molar-refractivity contribution in [3.05, 3.63) is 28.0 Å². The Kier molecular flexibility index (Phi) is 6.36. The number of rotatable bonds is 6. The van der Waals surface area contributed by atoms with Crippen LogP contribution in [0.25, 0.3) is 10.2 Å². The van der Waals surface area contributed by atoms with Crippen molar-refractivity contribution in [2.24, 2.45) is 4.99 Å². The molecule has 0 saturated heterocycles. The number of benzene rings is 1. The van der Waals surface area contributed by atoms with Crippen molar-refractivity contribution in [1.82, 2.24) is 4.57 Å². The molecule has 0 saturated carbocycles. The van der Waals surface area contributed by atoms with Gasteiger partial charge in [0.1, 0.15) is 6.54 Å². The minimum Gasteiger partial charge on any atom is -0.465 e. The lowest BCUT2D eigenvalue weighted by atomic mass is 10.2. The maximum atomic E-state index is 12.0. The summed E-state index contributed by atoms with van der Waals surface area (Å²) in [7, 11) is 0. The monoisotopic (exact) mass is 354 g/mol. The van der Waals surface area contributed by atoms with Crippen molar-refractivity contribution in [2.75, 3.05) is 6.61 Å². The maximum absolute atomic E-state index is 12.0. The van der Waals surface area contributed by atoms with Crippen molar-refractivity contribution < 1.29 is 14.3 Å². The third-order valence-electron chi connectivity index (χ3n) is 3.20. The highest BCUT2D eigenvalue weighted by molar-refractivity contribution is 7.16. The quantitative estimate of drug-likeness (QED) is 0.745. The van der Waals surface area contributed by atoms with Crippen LogP contribution in [0.1, 0.15) is 33.1 Å². The number of esters is 1. The molecule has 0 aliphatic rings. The first kappa shape index (κ1) is 17.7. The molecule has 23 heavy (non-hydrogen) atoms. The van der Waals surface area contributed by atoms with Gasteiger partial charge in [0.2, 0.25) is 5.91 Å². The summed E-state index contributed by atoms with van der Waals surface area (Å²) < 4.78 is 7.59. The van der Waals surface area contributed by atoms with Gasteiger partial charge in [-0.2, -0.15) is 4.99 Å². The van der Waals surface area contributed by atoms with Gasteiger partial charge < -0.3 is 9.30 Å². The summed E-state index contributed by atoms with van der Waals surface area (Å²) in [5.74, 6) is -0.535. The van der Waals surface area contributed by atoms with Crippen LogP contribution in [0.15, 0.2) is 23.2 Å². The average Bonchev–Trinajstić information content (AvgIpc) is 2.82. The predicted octanol–water partition coefficient (Wildman–Crippen LogP) is 3.54. The molecule has 0 radical (unpaired) electrons. The SMILES string of the molecule is CCCCC(=O)N=c1sc2cc(Cl)ccc2n1CC(=O)OCC. The van der Waals surface area contributed by atoms with Crippen LogP contribution in [0.4, 0.5) is 0 Å². The summed E-state index contributed by atoms with van der Waals surface area (Å²) in [6.07, 6.45) is 2.15. The second-order valence-corrected chi connectivity index (χ2v) is 6.44. The molecule has 0 spiro atoms. The molecule has 1 aromatic carbocycles. The fourth-order valence-electron chi connectivity index (χ4n) is 2.11. The third-order valence-corrected chi connectivity index (χ3v) is 4.48. The fourth-order valence-corrected chi connectivity index (χ4v) is 3.43. The Balaban J connectivity index is 2.46. The molecule has 5 nitrogen and oxygen atoms in total. The topological polar surface area (TPSA) is 60.7 Å². The number of hydrogen-bond acceptors (Lipinski definition) is 4. The van der Waals surface area contributed by atoms with Gasteiger partial charge in [-0.25, -0.2) is 0 Å². The first-order valence-electron chi connectivity index (χ1n) is 7.57. The van der Waals surface area contributed by atoms with Gasteiger partial charge in [0.25, 0.3) is 0 Å². The Morgan fingerprint density at radius 1 is 1.35 bits per heavy atom. The van der Waals surface area contributed by atoms with E-state index < -0.39 is 0 Å². The van der Waals surface area contributed by atoms with E-state index in [1.54, 1.807) is 23.6 Å². The molecule has 2 aromatic rings. The van der Waals surface area contributed by atoms with Crippen LogP contribution in [-0.2, 0) is 20.9 Å². The van der Waals surface area contributed by atoms with E-state index in [0.717, 1.165) is 23.1 Å². The van der Waals surface area contributed by atoms with Crippen molar-refractivity contribution >= 4 is 45.0 Å². The Labute approximate surface area is 143 Å². The van der Waals surface area contributed by atoms with Crippen molar-refractivity contribution in [3.8, 4) is 0 Å². The first-order chi connectivity index (χ1) is 11.0. The molecule has 1 amide bonds. The van der Waals surface area contributed by atoms with E-state index in [-0.39, 0.29) is 18.4 Å². The Morgan fingerprint density at radius 3 is 2.83 bits per heavy atom. The van der Waals surface area contributed by atoms with Crippen LogP contribution in [0.2, 0.25) is 5.02 Å². The zero-order valence-electron chi connectivity index (χ0n) is 13.2. The predicted molar refractivity (Wildman–Crippen MR) is 91.6 cm³/mol. The summed E-state index contributed by atoms with van der Waals surface area (Å²) in [5, 5.41) is 0.603. The molecule has 0 bridgehead atoms. The minimum atomic E-state index is -0.357. The number of thiazole rings is 1. The van der Waals surface area contributed by atoms with Crippen LogP contribution in [0, 0.1) is 0 Å². The van der Waals surface area contributed by atoms with Gasteiger partial charge >= 0.3 is 5.97 Å². The minimum absolute atomic E-state index is 0.0232. The molecular formula is C16H19ClN2O3S. The summed E-state index contributed by atoms with van der Waals surface area (Å²) >= 11 is 7.36. The molecule has 7 heteroatoms. The van der Waals surface area contributed by atoms with Gasteiger partial charge in [-0.1, -0.05) is 36.3 Å². The number of unbranched alkanes of at least 4 members (excludes halogenated alkanes) is 1. The molecule has 2 rings (SSSR count). The Morgan fingerprint density at radius 2 is 2.13 bits per heavy atom. The largest absolute Gasteiger partial charge is 0.465 e. The molecule has 124 valence electrons. The molecule has 0 atom stereocenters. The molecular weight excluding hydrogens is 336 g/mol. The lowest BCUT2D eigenvalue weighted by molar-refractivity contribution is -0.143. The van der Waals surface area contributed by atoms with Crippen LogP contribution in [0.3, 0.4) is 0 Å². The van der Waals surface area contributed by atoms with E-state index in [0.29, 0.717) is 22.9 Å². The van der Waals surface area contributed by atoms with Gasteiger partial charge in [0.15, 0.2) is 4.80 Å². The van der Waals surface area contributed by atoms with Crippen LogP contribution in [0.5, 0.6) is 0 Å². The highest BCUT2D eigenvalue weighted by Gasteiger charge is 2.12. The number of ether oxygens (including phenoxy) is 1. The van der Waals surface area contributed by atoms with E-state index in [1.165, 1.54) is 11.3 Å². The molecule has 0 aliphatic carbocycles. The average molecular weight is 355 g/mol. The number of aromatic nitrogens is 1. The lowest BCUT2D eigenvalue weighted by Crippen LogP contribution is -2.23. The molecule has 0 N–H and O–H groups in total. The smallest absolute Gasteiger partial charge is 0.326 e. The van der Waals surface area contributed by atoms with E-state index in [1.807, 2.05) is 13.0 Å². The maximum Gasteiger partial charge on any atom is 0.326 e. The first-order valence-corrected chi connectivity index (χ1v) is 8.76. The molecule has 0 fully saturated rings. The Hall–Kier alpha value is -1.66. The van der Waals surface area contributed by atoms with Crippen molar-refractivity contribution in [2.45, 2.75) is 39.7 Å². The van der Waals surface area contributed by atoms with E-state index >= 15 is 0 Å². The van der Waals surface area contributed by atoms with Gasteiger partial charge in [-0.3, -0.25) is 9.59 Å². The van der Waals surface area contributed by atoms with E-state index in [4.69, 9.17) is 16.3 Å². The van der Waals surface area contributed by atoms with E-state index in [9.17, 15) is 9.59 Å². The normalized spacial score (nSPS) is 11.9. The number of fused-ring (bicyclic) bond motifs is 1. The van der Waals surface area contributed by atoms with Crippen molar-refractivity contribution in [1.29, 1.82) is 0 Å². The summed E-state index contributed by atoms with van der Waals surface area (Å²) in [5.41, 5.74) is 0.814. The summed E-state index contributed by atoms with van der Waals surface area (Å²) in [6.45, 7) is 4.12. The fraction of sp³-hybridized carbons (Fsp3) is 0.438. The van der Waals surface area contributed by atoms with Gasteiger partial charge in [0.05, 0.1) is 16.8 Å². The molecule has 1 aromatic heterocycles. The number of carbonyl (C=O) groups is 2. The lowest BCUT2D eigenvalue weighted by Gasteiger charge is -2.05. The number of nitrogens with zero attached hydrogens (tertiary/aromatic N) is 2. The van der Waals surface area contributed by atoms with Gasteiger partial charge in [-0.05, 0) is 31.5 Å². The summed E-state index contributed by atoms with van der Waals surface area (Å²) in [6, 6.07) is 5.38. The number of hydrogen-bond donors (Lipinski definition) is 0. The molecule has 0 unspecified atom stereocenters. The molecule has 0 aliphatic heterocycles. The van der Waals surface area contributed by atoms with Gasteiger partial charge in [0, 0.05) is 11.4 Å². The zero-order chi connectivity index (χ0) is 16.8. The van der Waals surface area contributed by atoms with Gasteiger partial charge in [-0.15, -0.1) is 0 Å². The highest BCUT2D eigenvalue weighted by atomic mass is 35.5.